The highest BCUT2D eigenvalue weighted by Gasteiger charge is 2.29. The topological polar surface area (TPSA) is 105 Å². The predicted octanol–water partition coefficient (Wildman–Crippen LogP) is 5.28. The second kappa shape index (κ2) is 17.2. The molecule has 7 nitrogen and oxygen atoms in total. The van der Waals surface area contributed by atoms with Gasteiger partial charge in [0.25, 0.3) is 5.91 Å². The Labute approximate surface area is 256 Å². The molecule has 43 heavy (non-hydrogen) atoms. The number of aryl methyl sites for hydroxylation is 3. The predicted molar refractivity (Wildman–Crippen MR) is 170 cm³/mol. The molecule has 230 valence electrons. The van der Waals surface area contributed by atoms with Crippen molar-refractivity contribution < 1.29 is 24.2 Å². The number of nitrogens with one attached hydrogen (secondary N) is 2. The number of Topliss-reactive ketones (excluding diaryl/α,β-unsaturated/α-hetero) is 1. The maximum absolute atomic E-state index is 13.5. The minimum atomic E-state index is -0.932. The van der Waals surface area contributed by atoms with Gasteiger partial charge in [-0.2, -0.15) is 0 Å². The van der Waals surface area contributed by atoms with Crippen molar-refractivity contribution >= 4 is 17.6 Å². The first-order valence-electron chi connectivity index (χ1n) is 15.2. The zero-order valence-electron chi connectivity index (χ0n) is 25.8. The first-order valence-corrected chi connectivity index (χ1v) is 15.2. The van der Waals surface area contributed by atoms with E-state index >= 15 is 0 Å². The molecule has 3 aromatic carbocycles. The van der Waals surface area contributed by atoms with E-state index in [1.165, 1.54) is 5.56 Å². The van der Waals surface area contributed by atoms with Crippen molar-refractivity contribution in [2.45, 2.75) is 84.4 Å². The molecule has 0 fully saturated rings. The van der Waals surface area contributed by atoms with Crippen LogP contribution in [0.1, 0.15) is 61.8 Å². The highest BCUT2D eigenvalue weighted by atomic mass is 16.5. The Morgan fingerprint density at radius 2 is 1.47 bits per heavy atom. The van der Waals surface area contributed by atoms with E-state index in [1.54, 1.807) is 0 Å². The molecule has 0 bridgehead atoms. The normalized spacial score (nSPS) is 13.2. The fraction of sp³-hybridized carbons (Fsp3) is 0.417. The molecule has 3 rings (SSSR count). The SMILES string of the molecule is Cc1ccc(OCC(=O)N[C@H](C(=O)N[C@@H](Cc2ccccc2)[C@@H](O)CCC(=O)CCCc2ccccc2)C(C)C)cc1C. The molecule has 0 saturated carbocycles. The van der Waals surface area contributed by atoms with Crippen LogP contribution in [0.3, 0.4) is 0 Å². The number of aliphatic hydroxyl groups excluding tert-OH is 1. The summed E-state index contributed by atoms with van der Waals surface area (Å²) in [5.74, 6) is -0.316. The van der Waals surface area contributed by atoms with Crippen molar-refractivity contribution in [3.05, 3.63) is 101 Å². The molecule has 0 aliphatic carbocycles. The third kappa shape index (κ3) is 11.7. The fourth-order valence-electron chi connectivity index (χ4n) is 4.90. The molecule has 3 N–H and O–H groups in total. The first-order chi connectivity index (χ1) is 20.6. The number of aliphatic hydroxyl groups is 1. The molecule has 0 aliphatic rings. The van der Waals surface area contributed by atoms with Crippen molar-refractivity contribution in [3.63, 3.8) is 0 Å². The van der Waals surface area contributed by atoms with E-state index in [0.29, 0.717) is 18.6 Å². The van der Waals surface area contributed by atoms with Gasteiger partial charge in [0.15, 0.2) is 6.61 Å². The summed E-state index contributed by atoms with van der Waals surface area (Å²) in [6.07, 6.45) is 1.97. The largest absolute Gasteiger partial charge is 0.484 e. The molecule has 2 amide bonds. The average Bonchev–Trinajstić information content (AvgIpc) is 2.99. The second-order valence-corrected chi connectivity index (χ2v) is 11.6. The number of carbonyl (C=O) groups is 3. The van der Waals surface area contributed by atoms with Gasteiger partial charge in [-0.25, -0.2) is 0 Å². The zero-order valence-corrected chi connectivity index (χ0v) is 25.8. The van der Waals surface area contributed by atoms with Crippen molar-refractivity contribution in [2.75, 3.05) is 6.61 Å². The Hall–Kier alpha value is -3.97. The summed E-state index contributed by atoms with van der Waals surface area (Å²) in [6, 6.07) is 23.8. The van der Waals surface area contributed by atoms with Crippen LogP contribution >= 0.6 is 0 Å². The lowest BCUT2D eigenvalue weighted by molar-refractivity contribution is -0.132. The number of carbonyl (C=O) groups excluding carboxylic acids is 3. The molecule has 3 atom stereocenters. The third-order valence-electron chi connectivity index (χ3n) is 7.69. The lowest BCUT2D eigenvalue weighted by Gasteiger charge is -2.28. The van der Waals surface area contributed by atoms with Gasteiger partial charge in [0.2, 0.25) is 5.91 Å². The van der Waals surface area contributed by atoms with Gasteiger partial charge in [-0.1, -0.05) is 80.6 Å². The smallest absolute Gasteiger partial charge is 0.258 e. The quantitative estimate of drug-likeness (QED) is 0.200. The van der Waals surface area contributed by atoms with Gasteiger partial charge >= 0.3 is 0 Å². The molecule has 0 saturated heterocycles. The first kappa shape index (κ1) is 33.5. The number of amides is 2. The standard InChI is InChI=1S/C36H46N2O5/c1-25(2)35(38-34(41)24-43-31-20-18-26(3)27(4)22-31)36(42)37-32(23-29-14-9-6-10-15-29)33(40)21-19-30(39)17-11-16-28-12-7-5-8-13-28/h5-10,12-15,18,20,22,25,32-33,35,40H,11,16-17,19,21,23-24H2,1-4H3,(H,37,42)(H,38,41)/t32-,33-,35-/m0/s1. The van der Waals surface area contributed by atoms with Gasteiger partial charge in [0.1, 0.15) is 17.6 Å². The minimum absolute atomic E-state index is 0.0934. The fourth-order valence-corrected chi connectivity index (χ4v) is 4.90. The van der Waals surface area contributed by atoms with E-state index in [-0.39, 0.29) is 37.1 Å². The molecule has 7 heteroatoms. The van der Waals surface area contributed by atoms with Gasteiger partial charge < -0.3 is 20.5 Å². The molecule has 0 unspecified atom stereocenters. The Morgan fingerprint density at radius 3 is 2.09 bits per heavy atom. The molecule has 0 radical (unpaired) electrons. The summed E-state index contributed by atoms with van der Waals surface area (Å²) in [4.78, 5) is 38.8. The molecule has 0 aromatic heterocycles. The second-order valence-electron chi connectivity index (χ2n) is 11.6. The number of hydrogen-bond acceptors (Lipinski definition) is 5. The summed E-state index contributed by atoms with van der Waals surface area (Å²) >= 11 is 0. The number of hydrogen-bond donors (Lipinski definition) is 3. The van der Waals surface area contributed by atoms with Crippen LogP contribution in [0.25, 0.3) is 0 Å². The van der Waals surface area contributed by atoms with Crippen molar-refractivity contribution in [1.29, 1.82) is 0 Å². The molecular weight excluding hydrogens is 540 g/mol. The summed E-state index contributed by atoms with van der Waals surface area (Å²) in [7, 11) is 0. The zero-order chi connectivity index (χ0) is 31.2. The van der Waals surface area contributed by atoms with Crippen LogP contribution in [0, 0.1) is 19.8 Å². The lowest BCUT2D eigenvalue weighted by Crippen LogP contribution is -2.55. The van der Waals surface area contributed by atoms with Crippen molar-refractivity contribution in [2.24, 2.45) is 5.92 Å². The number of ether oxygens (including phenoxy) is 1. The minimum Gasteiger partial charge on any atom is -0.484 e. The summed E-state index contributed by atoms with van der Waals surface area (Å²) in [6.45, 7) is 7.47. The van der Waals surface area contributed by atoms with Gasteiger partial charge in [-0.3, -0.25) is 14.4 Å². The molecule has 0 spiro atoms. The number of ketones is 1. The molecule has 3 aromatic rings. The number of rotatable bonds is 17. The summed E-state index contributed by atoms with van der Waals surface area (Å²) in [5.41, 5.74) is 4.35. The van der Waals surface area contributed by atoms with E-state index in [9.17, 15) is 19.5 Å². The van der Waals surface area contributed by atoms with Crippen LogP contribution in [-0.4, -0.2) is 47.5 Å². The highest BCUT2D eigenvalue weighted by Crippen LogP contribution is 2.17. The van der Waals surface area contributed by atoms with Crippen LogP contribution in [0.2, 0.25) is 0 Å². The average molecular weight is 587 g/mol. The lowest BCUT2D eigenvalue weighted by atomic mass is 9.95. The summed E-state index contributed by atoms with van der Waals surface area (Å²) < 4.78 is 5.65. The maximum Gasteiger partial charge on any atom is 0.258 e. The van der Waals surface area contributed by atoms with Crippen molar-refractivity contribution in [1.82, 2.24) is 10.6 Å². The Bertz CT molecular complexity index is 1310. The van der Waals surface area contributed by atoms with Gasteiger partial charge in [0.05, 0.1) is 12.1 Å². The maximum atomic E-state index is 13.5. The van der Waals surface area contributed by atoms with E-state index in [0.717, 1.165) is 29.5 Å². The van der Waals surface area contributed by atoms with Crippen LogP contribution < -0.4 is 15.4 Å². The molecule has 0 aliphatic heterocycles. The van der Waals surface area contributed by atoms with E-state index in [4.69, 9.17) is 4.74 Å². The summed E-state index contributed by atoms with van der Waals surface area (Å²) in [5, 5.41) is 16.9. The Kier molecular flexibility index (Phi) is 13.4. The van der Waals surface area contributed by atoms with Crippen LogP contribution in [0.5, 0.6) is 5.75 Å². The highest BCUT2D eigenvalue weighted by molar-refractivity contribution is 5.88. The van der Waals surface area contributed by atoms with Gasteiger partial charge in [0, 0.05) is 12.8 Å². The van der Waals surface area contributed by atoms with E-state index in [1.807, 2.05) is 94.4 Å². The van der Waals surface area contributed by atoms with Crippen molar-refractivity contribution in [3.8, 4) is 5.75 Å². The Balaban J connectivity index is 1.57. The van der Waals surface area contributed by atoms with Crippen LogP contribution in [0.4, 0.5) is 0 Å². The Morgan fingerprint density at radius 1 is 0.814 bits per heavy atom. The van der Waals surface area contributed by atoms with E-state index < -0.39 is 24.1 Å². The van der Waals surface area contributed by atoms with Crippen LogP contribution in [0.15, 0.2) is 78.9 Å². The van der Waals surface area contributed by atoms with E-state index in [2.05, 4.69) is 22.8 Å². The van der Waals surface area contributed by atoms with Crippen LogP contribution in [-0.2, 0) is 27.2 Å². The number of benzene rings is 3. The van der Waals surface area contributed by atoms with Gasteiger partial charge in [-0.05, 0) is 79.8 Å². The monoisotopic (exact) mass is 586 g/mol. The third-order valence-corrected chi connectivity index (χ3v) is 7.69. The molecular formula is C36H46N2O5. The van der Waals surface area contributed by atoms with Gasteiger partial charge in [-0.15, -0.1) is 0 Å². The molecule has 0 heterocycles.